The quantitative estimate of drug-likeness (QED) is 0.328. The third-order valence-corrected chi connectivity index (χ3v) is 0.591. The van der Waals surface area contributed by atoms with E-state index < -0.39 is 14.0 Å². The van der Waals surface area contributed by atoms with Crippen LogP contribution in [0.4, 0.5) is 4.79 Å². The molecule has 0 amide bonds. The predicted octanol–water partition coefficient (Wildman–Crippen LogP) is -11.8. The summed E-state index contributed by atoms with van der Waals surface area (Å²) in [4.78, 5) is 24.7. The molecule has 0 saturated heterocycles. The van der Waals surface area contributed by atoms with E-state index in [1.54, 1.807) is 0 Å². The fraction of sp³-hybridized carbons (Fsp3) is 0. The molecule has 0 aliphatic rings. The van der Waals surface area contributed by atoms with E-state index in [2.05, 4.69) is 4.52 Å². The van der Waals surface area contributed by atoms with E-state index in [0.717, 1.165) is 0 Å². The topological polar surface area (TPSA) is 104 Å². The molecular formula is CH7K4O6P. The Morgan fingerprint density at radius 2 is 1.42 bits per heavy atom. The van der Waals surface area contributed by atoms with E-state index in [0.29, 0.717) is 0 Å². The van der Waals surface area contributed by atoms with Gasteiger partial charge in [-0.1, -0.05) is 0 Å². The summed E-state index contributed by atoms with van der Waals surface area (Å²) in [6.07, 6.45) is -1.99. The van der Waals surface area contributed by atoms with Crippen LogP contribution in [0.2, 0.25) is 0 Å². The molecule has 0 heterocycles. The van der Waals surface area contributed by atoms with Crippen LogP contribution in [-0.2, 0) is 9.09 Å². The zero-order valence-electron chi connectivity index (χ0n) is 11.5. The number of hydrogen-bond donors (Lipinski definition) is 3. The fourth-order valence-electron chi connectivity index (χ4n) is 0.102. The normalized spacial score (nSPS) is 7.17. The van der Waals surface area contributed by atoms with Crippen molar-refractivity contribution >= 4 is 14.0 Å². The number of phosphoric ester groups is 1. The van der Waals surface area contributed by atoms with Gasteiger partial charge in [-0.3, -0.25) is 9.79 Å². The number of phosphoric acid groups is 1. The van der Waals surface area contributed by atoms with E-state index in [1.165, 1.54) is 0 Å². The van der Waals surface area contributed by atoms with Crippen molar-refractivity contribution in [3.63, 3.8) is 0 Å². The molecule has 0 saturated carbocycles. The summed E-state index contributed by atoms with van der Waals surface area (Å²) in [6.45, 7) is 0. The van der Waals surface area contributed by atoms with Crippen LogP contribution in [-0.4, -0.2) is 21.0 Å². The summed E-state index contributed by atoms with van der Waals surface area (Å²) in [5.41, 5.74) is 0. The molecule has 0 fully saturated rings. The van der Waals surface area contributed by atoms with Crippen LogP contribution >= 0.6 is 7.82 Å². The first kappa shape index (κ1) is 30.8. The molecule has 0 atom stereocenters. The van der Waals surface area contributed by atoms with Crippen molar-refractivity contribution in [3.8, 4) is 0 Å². The number of carboxylic acid groups (broad SMARTS) is 1. The molecule has 0 aliphatic carbocycles. The van der Waals surface area contributed by atoms with Crippen LogP contribution in [0.1, 0.15) is 5.71 Å². The van der Waals surface area contributed by atoms with Gasteiger partial charge in [0.25, 0.3) is 0 Å². The van der Waals surface area contributed by atoms with Gasteiger partial charge in [0.2, 0.25) is 0 Å². The predicted molar refractivity (Wildman–Crippen MR) is 25.6 cm³/mol. The molecule has 56 valence electrons. The van der Waals surface area contributed by atoms with Crippen LogP contribution in [0.5, 0.6) is 0 Å². The Bertz CT molecular complexity index is 155. The Kier molecular flexibility index (Phi) is 43.5. The second-order valence-corrected chi connectivity index (χ2v) is 2.01. The molecule has 0 aromatic rings. The van der Waals surface area contributed by atoms with Crippen LogP contribution in [0.3, 0.4) is 0 Å². The maximum absolute atomic E-state index is 9.53. The average Bonchev–Trinajstić information content (AvgIpc) is 1.21. The SMILES string of the molecule is O=C(O)OP(=O)(O)O.[H-].[H-].[H-].[H-].[K+].[K+].[K+].[K+]. The van der Waals surface area contributed by atoms with E-state index >= 15 is 0 Å². The molecule has 0 aliphatic heterocycles. The zero-order valence-corrected chi connectivity index (χ0v) is 20.9. The van der Waals surface area contributed by atoms with Gasteiger partial charge in [0, 0.05) is 0 Å². The molecule has 11 heteroatoms. The van der Waals surface area contributed by atoms with Gasteiger partial charge in [0.15, 0.2) is 0 Å². The molecule has 0 aromatic heterocycles. The van der Waals surface area contributed by atoms with Crippen molar-refractivity contribution in [3.05, 3.63) is 0 Å². The van der Waals surface area contributed by atoms with E-state index in [-0.39, 0.29) is 211 Å². The van der Waals surface area contributed by atoms with E-state index in [1.807, 2.05) is 0 Å². The largest absolute Gasteiger partial charge is 1.00 e. The minimum Gasteiger partial charge on any atom is -1.00 e. The minimum absolute atomic E-state index is 0. The Labute approximate surface area is 246 Å². The first-order chi connectivity index (χ1) is 3.42. The Balaban J connectivity index is -0.00000000875. The maximum atomic E-state index is 9.53. The molecule has 0 radical (unpaired) electrons. The van der Waals surface area contributed by atoms with Gasteiger partial charge in [-0.15, -0.1) is 0 Å². The first-order valence-electron chi connectivity index (χ1n) is 1.40. The second kappa shape index (κ2) is 17.0. The minimum atomic E-state index is -4.82. The Hall–Kier alpha value is 5.97. The summed E-state index contributed by atoms with van der Waals surface area (Å²) in [6, 6.07) is 0. The molecule has 0 bridgehead atoms. The van der Waals surface area contributed by atoms with Gasteiger partial charge in [-0.05, 0) is 0 Å². The fourth-order valence-corrected chi connectivity index (χ4v) is 0.305. The third kappa shape index (κ3) is 29.7. The molecule has 0 unspecified atom stereocenters. The Morgan fingerprint density at radius 1 is 1.17 bits per heavy atom. The van der Waals surface area contributed by atoms with Crippen LogP contribution in [0.15, 0.2) is 0 Å². The van der Waals surface area contributed by atoms with E-state index in [4.69, 9.17) is 14.9 Å². The standard InChI is InChI=1S/CH3O6P.4K.4H/c2-1(3)7-8(4,5)6;;;;;;;;/h(H,2,3)(H2,4,5,6);;;;;;;;/q;4*+1;4*-1. The number of carbonyl (C=O) groups is 1. The molecular weight excluding hydrogens is 295 g/mol. The van der Waals surface area contributed by atoms with Crippen LogP contribution in [0.25, 0.3) is 0 Å². The first-order valence-corrected chi connectivity index (χ1v) is 2.93. The summed E-state index contributed by atoms with van der Waals surface area (Å²) in [5.74, 6) is 0. The Morgan fingerprint density at radius 3 is 1.42 bits per heavy atom. The molecule has 6 nitrogen and oxygen atoms in total. The van der Waals surface area contributed by atoms with Gasteiger partial charge < -0.3 is 15.3 Å². The van der Waals surface area contributed by atoms with E-state index in [9.17, 15) is 9.36 Å². The number of hydrogen-bond acceptors (Lipinski definition) is 3. The molecule has 12 heavy (non-hydrogen) atoms. The van der Waals surface area contributed by atoms with Crippen LogP contribution in [0, 0.1) is 0 Å². The summed E-state index contributed by atoms with van der Waals surface area (Å²) < 4.78 is 12.6. The summed E-state index contributed by atoms with van der Waals surface area (Å²) >= 11 is 0. The summed E-state index contributed by atoms with van der Waals surface area (Å²) in [7, 11) is -4.82. The van der Waals surface area contributed by atoms with Crippen LogP contribution < -0.4 is 206 Å². The van der Waals surface area contributed by atoms with Gasteiger partial charge in [-0.2, -0.15) is 0 Å². The summed E-state index contributed by atoms with van der Waals surface area (Å²) in [5, 5.41) is 7.53. The number of rotatable bonds is 1. The zero-order chi connectivity index (χ0) is 6.78. The third-order valence-electron chi connectivity index (χ3n) is 0.197. The molecule has 0 rings (SSSR count). The molecule has 0 aromatic carbocycles. The van der Waals surface area contributed by atoms with Crippen molar-refractivity contribution in [1.29, 1.82) is 0 Å². The van der Waals surface area contributed by atoms with Gasteiger partial charge in [-0.25, -0.2) is 9.36 Å². The second-order valence-electron chi connectivity index (χ2n) is 0.848. The molecule has 0 spiro atoms. The van der Waals surface area contributed by atoms with Crippen molar-refractivity contribution < 1.29 is 240 Å². The molecule has 3 N–H and O–H groups in total. The monoisotopic (exact) mass is 302 g/mol. The van der Waals surface area contributed by atoms with Gasteiger partial charge in [0.1, 0.15) is 0 Å². The average molecular weight is 302 g/mol. The smallest absolute Gasteiger partial charge is 1.00 e. The maximum Gasteiger partial charge on any atom is 1.00 e. The van der Waals surface area contributed by atoms with Crippen molar-refractivity contribution in [2.45, 2.75) is 0 Å². The van der Waals surface area contributed by atoms with Crippen molar-refractivity contribution in [2.75, 3.05) is 0 Å². The van der Waals surface area contributed by atoms with Gasteiger partial charge in [0.05, 0.1) is 0 Å². The van der Waals surface area contributed by atoms with Crippen molar-refractivity contribution in [1.82, 2.24) is 0 Å². The van der Waals surface area contributed by atoms with Crippen molar-refractivity contribution in [2.24, 2.45) is 0 Å². The van der Waals surface area contributed by atoms with Gasteiger partial charge >= 0.3 is 220 Å².